The number of rotatable bonds is 11. The fraction of sp³-hybridized carbons (Fsp3) is 0.123. The summed E-state index contributed by atoms with van der Waals surface area (Å²) in [6, 6.07) is 47.0. The van der Waals surface area contributed by atoms with Crippen molar-refractivity contribution >= 4 is 44.9 Å². The van der Waals surface area contributed by atoms with Crippen molar-refractivity contribution < 1.29 is 0 Å². The van der Waals surface area contributed by atoms with Crippen LogP contribution in [0.3, 0.4) is 0 Å². The second kappa shape index (κ2) is 20.7. The van der Waals surface area contributed by atoms with Crippen molar-refractivity contribution in [2.24, 2.45) is 4.99 Å². The van der Waals surface area contributed by atoms with E-state index in [1.807, 2.05) is 31.5 Å². The molecule has 3 nitrogen and oxygen atoms in total. The molecule has 1 atom stereocenters. The first-order chi connectivity index (χ1) is 33.3. The van der Waals surface area contributed by atoms with E-state index < -0.39 is 0 Å². The Morgan fingerprint density at radius 1 is 0.735 bits per heavy atom. The molecule has 1 unspecified atom stereocenters. The molecule has 0 saturated heterocycles. The number of nitrogens with zero attached hydrogens (tertiary/aromatic N) is 3. The Kier molecular flexibility index (Phi) is 13.7. The van der Waals surface area contributed by atoms with Gasteiger partial charge in [-0.1, -0.05) is 140 Å². The quantitative estimate of drug-likeness (QED) is 0.0936. The molecule has 334 valence electrons. The van der Waals surface area contributed by atoms with Crippen LogP contribution in [0, 0.1) is 13.8 Å². The molecule has 0 N–H and O–H groups in total. The summed E-state index contributed by atoms with van der Waals surface area (Å²) in [5.74, 6) is 0. The number of aromatic nitrogens is 1. The van der Waals surface area contributed by atoms with E-state index in [-0.39, 0.29) is 6.04 Å². The molecule has 9 rings (SSSR count). The van der Waals surface area contributed by atoms with Gasteiger partial charge in [0.2, 0.25) is 0 Å². The van der Waals surface area contributed by atoms with Gasteiger partial charge in [-0.15, -0.1) is 0 Å². The monoisotopic (exact) mass is 881 g/mol. The van der Waals surface area contributed by atoms with Gasteiger partial charge in [-0.25, -0.2) is 0 Å². The van der Waals surface area contributed by atoms with Crippen LogP contribution in [0.15, 0.2) is 241 Å². The van der Waals surface area contributed by atoms with Crippen LogP contribution in [-0.4, -0.2) is 16.8 Å². The third kappa shape index (κ3) is 9.75. The summed E-state index contributed by atoms with van der Waals surface area (Å²) >= 11 is 0. The van der Waals surface area contributed by atoms with Crippen molar-refractivity contribution in [1.29, 1.82) is 0 Å². The van der Waals surface area contributed by atoms with E-state index in [9.17, 15) is 0 Å². The molecule has 68 heavy (non-hydrogen) atoms. The summed E-state index contributed by atoms with van der Waals surface area (Å²) in [7, 11) is 0. The van der Waals surface area contributed by atoms with Crippen molar-refractivity contribution in [2.45, 2.75) is 53.5 Å². The van der Waals surface area contributed by atoms with E-state index in [4.69, 9.17) is 6.58 Å². The second-order valence-corrected chi connectivity index (χ2v) is 17.7. The molecule has 0 fully saturated rings. The molecular weight excluding hydrogens is 823 g/mol. The van der Waals surface area contributed by atoms with Crippen molar-refractivity contribution in [3.8, 4) is 27.9 Å². The summed E-state index contributed by atoms with van der Waals surface area (Å²) < 4.78 is 2.40. The third-order valence-corrected chi connectivity index (χ3v) is 13.0. The first-order valence-electron chi connectivity index (χ1n) is 23.8. The standard InChI is InChI=1S/C65H59N3/c1-7-8-37-66-38-36-51(40-47(3)52-23-15-12-16-24-52)41-48(4)60-44-56(53-31-34-63-55(42-53)25-17-11-14-22-49(5)67(63)57-26-18-9-10-19-27-57)45-61(50(60)6)54-32-35-64-62(43-54)59-33-30-46(2)39-65(59)68(64)58-28-20-13-21-29-58/h7-18,20-24,26-45,49H,4,19,25H2,1-3,5-6H3/b8-7-,17-11-,22-14-,38-36+,47-40+,51-41-,66-37-. The van der Waals surface area contributed by atoms with Crippen LogP contribution < -0.4 is 4.90 Å². The number of hydrogen-bond donors (Lipinski definition) is 0. The summed E-state index contributed by atoms with van der Waals surface area (Å²) in [5, 5.41) is 2.46. The molecule has 2 heterocycles. The number of aryl methyl sites for hydroxylation is 1. The minimum absolute atomic E-state index is 0.160. The van der Waals surface area contributed by atoms with Gasteiger partial charge in [-0.2, -0.15) is 0 Å². The zero-order valence-electron chi connectivity index (χ0n) is 39.9. The number of hydrogen-bond acceptors (Lipinski definition) is 2. The zero-order valence-corrected chi connectivity index (χ0v) is 39.9. The van der Waals surface area contributed by atoms with E-state index in [2.05, 4.69) is 242 Å². The highest BCUT2D eigenvalue weighted by Crippen LogP contribution is 2.41. The van der Waals surface area contributed by atoms with Gasteiger partial charge in [-0.05, 0) is 193 Å². The molecule has 1 aliphatic heterocycles. The fourth-order valence-corrected chi connectivity index (χ4v) is 9.52. The van der Waals surface area contributed by atoms with Gasteiger partial charge in [0.05, 0.1) is 11.0 Å². The zero-order chi connectivity index (χ0) is 47.0. The number of para-hydroxylation sites is 1. The first-order valence-corrected chi connectivity index (χ1v) is 23.8. The lowest BCUT2D eigenvalue weighted by atomic mass is 9.87. The predicted octanol–water partition coefficient (Wildman–Crippen LogP) is 17.2. The van der Waals surface area contributed by atoms with Gasteiger partial charge >= 0.3 is 0 Å². The smallest absolute Gasteiger partial charge is 0.0543 e. The lowest BCUT2D eigenvalue weighted by Gasteiger charge is -2.32. The fourth-order valence-electron chi connectivity index (χ4n) is 9.52. The van der Waals surface area contributed by atoms with Crippen LogP contribution in [0.2, 0.25) is 0 Å². The third-order valence-electron chi connectivity index (χ3n) is 13.0. The van der Waals surface area contributed by atoms with Crippen LogP contribution >= 0.6 is 0 Å². The summed E-state index contributed by atoms with van der Waals surface area (Å²) in [6.45, 7) is 15.7. The van der Waals surface area contributed by atoms with Gasteiger partial charge in [0.1, 0.15) is 0 Å². The number of fused-ring (bicyclic) bond motifs is 4. The van der Waals surface area contributed by atoms with Crippen molar-refractivity contribution in [1.82, 2.24) is 4.57 Å². The Balaban J connectivity index is 1.23. The van der Waals surface area contributed by atoms with E-state index in [0.717, 1.165) is 46.4 Å². The highest BCUT2D eigenvalue weighted by atomic mass is 15.2. The molecule has 0 saturated carbocycles. The molecule has 2 aliphatic rings. The summed E-state index contributed by atoms with van der Waals surface area (Å²) in [6.07, 6.45) is 35.8. The van der Waals surface area contributed by atoms with E-state index in [0.29, 0.717) is 0 Å². The minimum atomic E-state index is 0.160. The Hall–Kier alpha value is -8.01. The molecule has 3 heteroatoms. The normalized spacial score (nSPS) is 16.6. The molecule has 6 aromatic carbocycles. The van der Waals surface area contributed by atoms with Crippen LogP contribution in [0.5, 0.6) is 0 Å². The molecule has 1 aliphatic carbocycles. The average Bonchev–Trinajstić information content (AvgIpc) is 3.47. The Bertz CT molecular complexity index is 3330. The summed E-state index contributed by atoms with van der Waals surface area (Å²) in [5.41, 5.74) is 19.7. The van der Waals surface area contributed by atoms with Gasteiger partial charge in [0.15, 0.2) is 0 Å². The molecule has 1 aromatic heterocycles. The summed E-state index contributed by atoms with van der Waals surface area (Å²) in [4.78, 5) is 7.02. The highest BCUT2D eigenvalue weighted by molar-refractivity contribution is 6.11. The largest absolute Gasteiger partial charge is 0.335 e. The van der Waals surface area contributed by atoms with Gasteiger partial charge in [-0.3, -0.25) is 4.99 Å². The molecule has 0 amide bonds. The van der Waals surface area contributed by atoms with Crippen LogP contribution in [0.4, 0.5) is 5.69 Å². The number of benzene rings is 6. The lowest BCUT2D eigenvalue weighted by molar-refractivity contribution is 0.827. The Morgan fingerprint density at radius 3 is 2.35 bits per heavy atom. The topological polar surface area (TPSA) is 20.5 Å². The SMILES string of the molecule is C=C(/C=C(/C=C/N=C\C=C/C)\C=C(/C)c1ccccc1)c1cc(-c2ccc3c(c2)C/C=C\C=C/C(C)N3C2=CCC=CC=C2)cc(-c2ccc3c(c2)c2ccc(C)cc2n3-c2ccccc2)c1C. The minimum Gasteiger partial charge on any atom is -0.335 e. The molecule has 7 aromatic rings. The number of allylic oxidation sites excluding steroid dienone is 16. The van der Waals surface area contributed by atoms with E-state index in [1.54, 1.807) is 0 Å². The van der Waals surface area contributed by atoms with Crippen LogP contribution in [-0.2, 0) is 6.42 Å². The molecule has 0 spiro atoms. The highest BCUT2D eigenvalue weighted by Gasteiger charge is 2.22. The van der Waals surface area contributed by atoms with Crippen molar-refractivity contribution in [3.05, 3.63) is 264 Å². The van der Waals surface area contributed by atoms with Crippen LogP contribution in [0.25, 0.3) is 60.9 Å². The lowest BCUT2D eigenvalue weighted by Crippen LogP contribution is -2.31. The van der Waals surface area contributed by atoms with E-state index in [1.165, 1.54) is 72.1 Å². The van der Waals surface area contributed by atoms with Gasteiger partial charge in [0, 0.05) is 46.3 Å². The van der Waals surface area contributed by atoms with Crippen LogP contribution in [0.1, 0.15) is 55.0 Å². The predicted molar refractivity (Wildman–Crippen MR) is 296 cm³/mol. The average molecular weight is 882 g/mol. The number of anilines is 1. The molecule has 0 radical (unpaired) electrons. The number of aliphatic imine (C=N–C) groups is 1. The Labute approximate surface area is 403 Å². The maximum atomic E-state index is 4.82. The molecule has 0 bridgehead atoms. The first kappa shape index (κ1) is 45.2. The second-order valence-electron chi connectivity index (χ2n) is 17.7. The Morgan fingerprint density at radius 2 is 1.53 bits per heavy atom. The van der Waals surface area contributed by atoms with Crippen molar-refractivity contribution in [3.63, 3.8) is 0 Å². The maximum Gasteiger partial charge on any atom is 0.0543 e. The maximum absolute atomic E-state index is 4.82. The van der Waals surface area contributed by atoms with Crippen molar-refractivity contribution in [2.75, 3.05) is 4.90 Å². The van der Waals surface area contributed by atoms with E-state index >= 15 is 0 Å². The molecular formula is C65H59N3. The van der Waals surface area contributed by atoms with Gasteiger partial charge < -0.3 is 9.47 Å². The van der Waals surface area contributed by atoms with Gasteiger partial charge in [0.25, 0.3) is 0 Å².